The number of nitrogens with one attached hydrogen (secondary N) is 1. The Bertz CT molecular complexity index is 1060. The van der Waals surface area contributed by atoms with Gasteiger partial charge in [0.1, 0.15) is 5.01 Å². The van der Waals surface area contributed by atoms with Crippen LogP contribution in [0.5, 0.6) is 0 Å². The van der Waals surface area contributed by atoms with Gasteiger partial charge in [-0.3, -0.25) is 4.79 Å². The zero-order chi connectivity index (χ0) is 19.6. The molecule has 4 heteroatoms. The SMILES string of the molecule is Cc1ccc2nc(-c3ccc(NC(=O)C45CC6CC(CC(C6)C4)C5)cc3)sc2c1. The molecule has 7 rings (SSSR count). The normalized spacial score (nSPS) is 30.0. The van der Waals surface area contributed by atoms with Crippen LogP contribution in [0.3, 0.4) is 0 Å². The second kappa shape index (κ2) is 6.40. The van der Waals surface area contributed by atoms with E-state index in [1.54, 1.807) is 11.3 Å². The van der Waals surface area contributed by atoms with Gasteiger partial charge in [-0.1, -0.05) is 6.07 Å². The lowest BCUT2D eigenvalue weighted by Crippen LogP contribution is -2.51. The number of carbonyl (C=O) groups is 1. The highest BCUT2D eigenvalue weighted by Crippen LogP contribution is 2.60. The lowest BCUT2D eigenvalue weighted by Gasteiger charge is -2.55. The molecule has 0 radical (unpaired) electrons. The molecule has 3 aromatic rings. The lowest BCUT2D eigenvalue weighted by molar-refractivity contribution is -0.140. The van der Waals surface area contributed by atoms with E-state index in [2.05, 4.69) is 42.6 Å². The quantitative estimate of drug-likeness (QED) is 0.549. The summed E-state index contributed by atoms with van der Waals surface area (Å²) >= 11 is 1.72. The van der Waals surface area contributed by atoms with Gasteiger partial charge < -0.3 is 5.32 Å². The minimum Gasteiger partial charge on any atom is -0.326 e. The molecule has 4 bridgehead atoms. The zero-order valence-corrected chi connectivity index (χ0v) is 17.6. The summed E-state index contributed by atoms with van der Waals surface area (Å²) in [6.07, 6.45) is 7.41. The van der Waals surface area contributed by atoms with Crippen LogP contribution in [0.4, 0.5) is 5.69 Å². The van der Waals surface area contributed by atoms with Crippen molar-refractivity contribution < 1.29 is 4.79 Å². The molecule has 1 heterocycles. The van der Waals surface area contributed by atoms with Crippen molar-refractivity contribution in [3.63, 3.8) is 0 Å². The molecule has 148 valence electrons. The molecular formula is C25H26N2OS. The van der Waals surface area contributed by atoms with E-state index in [4.69, 9.17) is 4.98 Å². The fraction of sp³-hybridized carbons (Fsp3) is 0.440. The number of aryl methyl sites for hydroxylation is 1. The van der Waals surface area contributed by atoms with Crippen LogP contribution < -0.4 is 5.32 Å². The van der Waals surface area contributed by atoms with E-state index >= 15 is 0 Å². The van der Waals surface area contributed by atoms with Gasteiger partial charge in [0.2, 0.25) is 5.91 Å². The number of hydrogen-bond donors (Lipinski definition) is 1. The Balaban J connectivity index is 1.21. The number of anilines is 1. The first-order valence-electron chi connectivity index (χ1n) is 10.9. The van der Waals surface area contributed by atoms with Crippen molar-refractivity contribution in [2.75, 3.05) is 5.32 Å². The largest absolute Gasteiger partial charge is 0.326 e. The summed E-state index contributed by atoms with van der Waals surface area (Å²) in [6.45, 7) is 2.11. The molecule has 1 amide bonds. The van der Waals surface area contributed by atoms with Crippen molar-refractivity contribution in [2.24, 2.45) is 23.2 Å². The van der Waals surface area contributed by atoms with Gasteiger partial charge in [0.05, 0.1) is 15.6 Å². The maximum absolute atomic E-state index is 13.2. The molecule has 4 saturated carbocycles. The summed E-state index contributed by atoms with van der Waals surface area (Å²) in [7, 11) is 0. The summed E-state index contributed by atoms with van der Waals surface area (Å²) in [5.74, 6) is 2.63. The molecule has 3 nitrogen and oxygen atoms in total. The zero-order valence-electron chi connectivity index (χ0n) is 16.8. The molecular weight excluding hydrogens is 376 g/mol. The van der Waals surface area contributed by atoms with Crippen molar-refractivity contribution in [1.29, 1.82) is 0 Å². The minimum absolute atomic E-state index is 0.0989. The molecule has 4 fully saturated rings. The van der Waals surface area contributed by atoms with Crippen molar-refractivity contribution in [2.45, 2.75) is 45.4 Å². The van der Waals surface area contributed by atoms with Gasteiger partial charge in [0.15, 0.2) is 0 Å². The van der Waals surface area contributed by atoms with Gasteiger partial charge in [-0.25, -0.2) is 4.98 Å². The maximum Gasteiger partial charge on any atom is 0.230 e. The summed E-state index contributed by atoms with van der Waals surface area (Å²) < 4.78 is 1.22. The van der Waals surface area contributed by atoms with Crippen LogP contribution in [-0.2, 0) is 4.79 Å². The molecule has 1 N–H and O–H groups in total. The molecule has 0 unspecified atom stereocenters. The van der Waals surface area contributed by atoms with Crippen molar-refractivity contribution in [3.05, 3.63) is 48.0 Å². The fourth-order valence-electron chi connectivity index (χ4n) is 6.50. The first-order valence-corrected chi connectivity index (χ1v) is 11.7. The van der Waals surface area contributed by atoms with E-state index < -0.39 is 0 Å². The van der Waals surface area contributed by atoms with Crippen LogP contribution in [0, 0.1) is 30.1 Å². The van der Waals surface area contributed by atoms with E-state index in [1.165, 1.54) is 29.5 Å². The number of rotatable bonds is 3. The molecule has 29 heavy (non-hydrogen) atoms. The van der Waals surface area contributed by atoms with Crippen LogP contribution in [0.15, 0.2) is 42.5 Å². The van der Waals surface area contributed by atoms with E-state index in [0.29, 0.717) is 0 Å². The van der Waals surface area contributed by atoms with E-state index in [1.807, 2.05) is 12.1 Å². The highest BCUT2D eigenvalue weighted by Gasteiger charge is 2.54. The van der Waals surface area contributed by atoms with Crippen LogP contribution in [0.1, 0.15) is 44.1 Å². The number of amides is 1. The highest BCUT2D eigenvalue weighted by atomic mass is 32.1. The van der Waals surface area contributed by atoms with Gasteiger partial charge in [0, 0.05) is 11.3 Å². The second-order valence-electron chi connectivity index (χ2n) is 9.72. The Kier molecular flexibility index (Phi) is 3.89. The van der Waals surface area contributed by atoms with Crippen molar-refractivity contribution in [1.82, 2.24) is 4.98 Å². The van der Waals surface area contributed by atoms with Gasteiger partial charge in [-0.2, -0.15) is 0 Å². The first kappa shape index (κ1) is 17.6. The Hall–Kier alpha value is -2.20. The average molecular weight is 403 g/mol. The molecule has 4 aliphatic carbocycles. The summed E-state index contributed by atoms with van der Waals surface area (Å²) in [5, 5.41) is 4.29. The van der Waals surface area contributed by atoms with Crippen molar-refractivity contribution in [3.8, 4) is 10.6 Å². The number of benzene rings is 2. The second-order valence-corrected chi connectivity index (χ2v) is 10.8. The molecule has 0 spiro atoms. The summed E-state index contributed by atoms with van der Waals surface area (Å²) in [4.78, 5) is 18.0. The number of carbonyl (C=O) groups excluding carboxylic acids is 1. The van der Waals surface area contributed by atoms with Crippen LogP contribution in [0.2, 0.25) is 0 Å². The molecule has 0 aliphatic heterocycles. The van der Waals surface area contributed by atoms with Gasteiger partial charge in [-0.15, -0.1) is 11.3 Å². The lowest BCUT2D eigenvalue weighted by atomic mass is 9.49. The number of hydrogen-bond acceptors (Lipinski definition) is 3. The number of nitrogens with zero attached hydrogens (tertiary/aromatic N) is 1. The molecule has 0 atom stereocenters. The summed E-state index contributed by atoms with van der Waals surface area (Å²) in [5.41, 5.74) is 4.23. The topological polar surface area (TPSA) is 42.0 Å². The Morgan fingerprint density at radius 2 is 1.66 bits per heavy atom. The molecule has 0 saturated heterocycles. The Morgan fingerprint density at radius 1 is 1.00 bits per heavy atom. The van der Waals surface area contributed by atoms with E-state index in [-0.39, 0.29) is 11.3 Å². The Morgan fingerprint density at radius 3 is 2.31 bits per heavy atom. The smallest absolute Gasteiger partial charge is 0.230 e. The molecule has 1 aromatic heterocycles. The molecule has 2 aromatic carbocycles. The predicted molar refractivity (Wildman–Crippen MR) is 119 cm³/mol. The van der Waals surface area contributed by atoms with Crippen LogP contribution >= 0.6 is 11.3 Å². The van der Waals surface area contributed by atoms with Crippen molar-refractivity contribution >= 4 is 33.1 Å². The molecule has 4 aliphatic rings. The monoisotopic (exact) mass is 402 g/mol. The average Bonchev–Trinajstić information content (AvgIpc) is 3.10. The standard InChI is InChI=1S/C25H26N2OS/c1-15-2-7-21-22(8-15)29-23(27-21)19-3-5-20(6-4-19)26-24(28)25-12-16-9-17(13-25)11-18(10-16)14-25/h2-8,16-18H,9-14H2,1H3,(H,26,28). The van der Waals surface area contributed by atoms with E-state index in [0.717, 1.165) is 58.8 Å². The highest BCUT2D eigenvalue weighted by molar-refractivity contribution is 7.21. The Labute approximate surface area is 175 Å². The van der Waals surface area contributed by atoms with Gasteiger partial charge >= 0.3 is 0 Å². The maximum atomic E-state index is 13.2. The predicted octanol–water partition coefficient (Wildman–Crippen LogP) is 6.43. The van der Waals surface area contributed by atoms with Crippen LogP contribution in [-0.4, -0.2) is 10.9 Å². The number of fused-ring (bicyclic) bond motifs is 1. The third-order valence-corrected chi connectivity index (χ3v) is 8.52. The summed E-state index contributed by atoms with van der Waals surface area (Å²) in [6, 6.07) is 14.6. The number of aromatic nitrogens is 1. The van der Waals surface area contributed by atoms with E-state index in [9.17, 15) is 4.79 Å². The third kappa shape index (κ3) is 3.00. The first-order chi connectivity index (χ1) is 14.1. The van der Waals surface area contributed by atoms with Crippen LogP contribution in [0.25, 0.3) is 20.8 Å². The van der Waals surface area contributed by atoms with Gasteiger partial charge in [-0.05, 0) is 105 Å². The number of thiazole rings is 1. The fourth-order valence-corrected chi connectivity index (χ4v) is 7.57. The third-order valence-electron chi connectivity index (χ3n) is 7.45. The minimum atomic E-state index is -0.0989. The van der Waals surface area contributed by atoms with Gasteiger partial charge in [0.25, 0.3) is 0 Å².